The quantitative estimate of drug-likeness (QED) is 0.692. The van der Waals surface area contributed by atoms with Crippen LogP contribution in [0.25, 0.3) is 0 Å². The summed E-state index contributed by atoms with van der Waals surface area (Å²) in [7, 11) is 0. The molecule has 0 aliphatic rings. The van der Waals surface area contributed by atoms with Gasteiger partial charge in [0.1, 0.15) is 0 Å². The van der Waals surface area contributed by atoms with Gasteiger partial charge in [-0.3, -0.25) is 0 Å². The minimum atomic E-state index is -0.668. The highest BCUT2D eigenvalue weighted by Gasteiger charge is 2.22. The van der Waals surface area contributed by atoms with Gasteiger partial charge in [0.25, 0.3) is 0 Å². The molecular formula is C10H22O2. The molecule has 0 amide bonds. The summed E-state index contributed by atoms with van der Waals surface area (Å²) in [5.74, 6) is 0.510. The van der Waals surface area contributed by atoms with Crippen LogP contribution in [0, 0.1) is 5.92 Å². The molecule has 0 aliphatic heterocycles. The molecule has 2 nitrogen and oxygen atoms in total. The Morgan fingerprint density at radius 1 is 1.25 bits per heavy atom. The van der Waals surface area contributed by atoms with Crippen LogP contribution in [0.1, 0.15) is 41.0 Å². The molecule has 0 aliphatic carbocycles. The average Bonchev–Trinajstić information content (AvgIpc) is 1.81. The van der Waals surface area contributed by atoms with E-state index in [4.69, 9.17) is 4.74 Å². The van der Waals surface area contributed by atoms with Crippen molar-refractivity contribution in [3.05, 3.63) is 0 Å². The maximum absolute atomic E-state index is 9.81. The van der Waals surface area contributed by atoms with Crippen LogP contribution < -0.4 is 0 Å². The lowest BCUT2D eigenvalue weighted by molar-refractivity contribution is -0.0636. The van der Waals surface area contributed by atoms with Gasteiger partial charge < -0.3 is 9.84 Å². The van der Waals surface area contributed by atoms with Crippen LogP contribution >= 0.6 is 0 Å². The molecule has 12 heavy (non-hydrogen) atoms. The molecule has 0 heterocycles. The highest BCUT2D eigenvalue weighted by atomic mass is 16.5. The van der Waals surface area contributed by atoms with E-state index in [0.29, 0.717) is 12.5 Å². The van der Waals surface area contributed by atoms with Gasteiger partial charge in [0, 0.05) is 0 Å². The van der Waals surface area contributed by atoms with Crippen LogP contribution in [0.3, 0.4) is 0 Å². The summed E-state index contributed by atoms with van der Waals surface area (Å²) in [5, 5.41) is 9.81. The van der Waals surface area contributed by atoms with Crippen molar-refractivity contribution in [2.24, 2.45) is 5.92 Å². The predicted octanol–water partition coefficient (Wildman–Crippen LogP) is 2.21. The van der Waals surface area contributed by atoms with Gasteiger partial charge in [-0.15, -0.1) is 0 Å². The van der Waals surface area contributed by atoms with Crippen LogP contribution in [-0.4, -0.2) is 23.4 Å². The number of hydrogen-bond acceptors (Lipinski definition) is 2. The van der Waals surface area contributed by atoms with Crippen molar-refractivity contribution in [3.8, 4) is 0 Å². The van der Waals surface area contributed by atoms with Crippen molar-refractivity contribution >= 4 is 0 Å². The Bertz CT molecular complexity index is 117. The van der Waals surface area contributed by atoms with Crippen molar-refractivity contribution in [3.63, 3.8) is 0 Å². The monoisotopic (exact) mass is 174 g/mol. The lowest BCUT2D eigenvalue weighted by Crippen LogP contribution is -2.33. The molecule has 74 valence electrons. The van der Waals surface area contributed by atoms with Crippen LogP contribution in [0.4, 0.5) is 0 Å². The molecule has 1 unspecified atom stereocenters. The SMILES string of the molecule is CC(C)CC(C)(O)COC(C)C. The first-order valence-corrected chi connectivity index (χ1v) is 4.67. The standard InChI is InChI=1S/C10H22O2/c1-8(2)6-10(5,11)7-12-9(3)4/h8-9,11H,6-7H2,1-5H3. The predicted molar refractivity (Wildman–Crippen MR) is 51.2 cm³/mol. The topological polar surface area (TPSA) is 29.5 Å². The molecule has 0 bridgehead atoms. The number of aliphatic hydroxyl groups is 1. The Labute approximate surface area is 75.9 Å². The smallest absolute Gasteiger partial charge is 0.0854 e. The van der Waals surface area contributed by atoms with Gasteiger partial charge in [0.15, 0.2) is 0 Å². The Morgan fingerprint density at radius 2 is 1.75 bits per heavy atom. The second kappa shape index (κ2) is 4.83. The third-order valence-electron chi connectivity index (χ3n) is 1.58. The molecule has 0 radical (unpaired) electrons. The third kappa shape index (κ3) is 6.62. The summed E-state index contributed by atoms with van der Waals surface area (Å²) in [6.45, 7) is 10.4. The fraction of sp³-hybridized carbons (Fsp3) is 1.00. The molecule has 0 spiro atoms. The molecule has 0 saturated heterocycles. The minimum absolute atomic E-state index is 0.198. The van der Waals surface area contributed by atoms with Crippen molar-refractivity contribution in [1.29, 1.82) is 0 Å². The van der Waals surface area contributed by atoms with Gasteiger partial charge in [-0.1, -0.05) is 13.8 Å². The molecule has 0 saturated carbocycles. The lowest BCUT2D eigenvalue weighted by atomic mass is 9.95. The summed E-state index contributed by atoms with van der Waals surface area (Å²) in [6, 6.07) is 0. The van der Waals surface area contributed by atoms with E-state index in [0.717, 1.165) is 6.42 Å². The molecular weight excluding hydrogens is 152 g/mol. The van der Waals surface area contributed by atoms with Gasteiger partial charge in [-0.05, 0) is 33.1 Å². The summed E-state index contributed by atoms with van der Waals surface area (Å²) in [4.78, 5) is 0. The zero-order chi connectivity index (χ0) is 9.78. The van der Waals surface area contributed by atoms with Gasteiger partial charge >= 0.3 is 0 Å². The van der Waals surface area contributed by atoms with E-state index >= 15 is 0 Å². The normalized spacial score (nSPS) is 17.0. The zero-order valence-electron chi connectivity index (χ0n) is 8.92. The third-order valence-corrected chi connectivity index (χ3v) is 1.58. The second-order valence-corrected chi connectivity index (χ2v) is 4.45. The molecule has 0 aromatic rings. The van der Waals surface area contributed by atoms with Crippen molar-refractivity contribution in [2.45, 2.75) is 52.7 Å². The summed E-state index contributed by atoms with van der Waals surface area (Å²) >= 11 is 0. The van der Waals surface area contributed by atoms with Gasteiger partial charge in [0.05, 0.1) is 18.3 Å². The average molecular weight is 174 g/mol. The number of hydrogen-bond donors (Lipinski definition) is 1. The van der Waals surface area contributed by atoms with E-state index in [-0.39, 0.29) is 6.10 Å². The zero-order valence-corrected chi connectivity index (χ0v) is 8.92. The van der Waals surface area contributed by atoms with E-state index in [1.54, 1.807) is 0 Å². The van der Waals surface area contributed by atoms with E-state index in [1.807, 2.05) is 20.8 Å². The first-order chi connectivity index (χ1) is 5.33. The molecule has 0 aromatic heterocycles. The highest BCUT2D eigenvalue weighted by molar-refractivity contribution is 4.73. The van der Waals surface area contributed by atoms with Crippen molar-refractivity contribution < 1.29 is 9.84 Å². The largest absolute Gasteiger partial charge is 0.388 e. The molecule has 2 heteroatoms. The van der Waals surface area contributed by atoms with E-state index in [9.17, 15) is 5.11 Å². The molecule has 0 aromatic carbocycles. The molecule has 0 fully saturated rings. The van der Waals surface area contributed by atoms with E-state index in [2.05, 4.69) is 13.8 Å². The first kappa shape index (κ1) is 11.9. The fourth-order valence-electron chi connectivity index (χ4n) is 1.28. The van der Waals surface area contributed by atoms with Crippen molar-refractivity contribution in [1.82, 2.24) is 0 Å². The maximum Gasteiger partial charge on any atom is 0.0854 e. The molecule has 1 atom stereocenters. The lowest BCUT2D eigenvalue weighted by Gasteiger charge is -2.26. The Morgan fingerprint density at radius 3 is 2.08 bits per heavy atom. The maximum atomic E-state index is 9.81. The number of rotatable bonds is 5. The van der Waals surface area contributed by atoms with Crippen molar-refractivity contribution in [2.75, 3.05) is 6.61 Å². The van der Waals surface area contributed by atoms with E-state index in [1.165, 1.54) is 0 Å². The Hall–Kier alpha value is -0.0800. The summed E-state index contributed by atoms with van der Waals surface area (Å²) in [5.41, 5.74) is -0.668. The van der Waals surface area contributed by atoms with Crippen LogP contribution in [0.15, 0.2) is 0 Å². The van der Waals surface area contributed by atoms with Gasteiger partial charge in [0.2, 0.25) is 0 Å². The Kier molecular flexibility index (Phi) is 4.80. The van der Waals surface area contributed by atoms with Crippen LogP contribution in [0.2, 0.25) is 0 Å². The molecule has 1 N–H and O–H groups in total. The Balaban J connectivity index is 3.71. The second-order valence-electron chi connectivity index (χ2n) is 4.45. The highest BCUT2D eigenvalue weighted by Crippen LogP contribution is 2.16. The fourth-order valence-corrected chi connectivity index (χ4v) is 1.28. The van der Waals surface area contributed by atoms with Crippen LogP contribution in [-0.2, 0) is 4.74 Å². The minimum Gasteiger partial charge on any atom is -0.388 e. The van der Waals surface area contributed by atoms with Gasteiger partial charge in [-0.25, -0.2) is 0 Å². The van der Waals surface area contributed by atoms with E-state index < -0.39 is 5.60 Å². The van der Waals surface area contributed by atoms with Gasteiger partial charge in [-0.2, -0.15) is 0 Å². The van der Waals surface area contributed by atoms with Crippen LogP contribution in [0.5, 0.6) is 0 Å². The summed E-state index contributed by atoms with van der Waals surface area (Å²) in [6.07, 6.45) is 0.989. The molecule has 0 rings (SSSR count). The summed E-state index contributed by atoms with van der Waals surface area (Å²) < 4.78 is 5.36. The first-order valence-electron chi connectivity index (χ1n) is 4.67. The number of ether oxygens (including phenoxy) is 1.